The van der Waals surface area contributed by atoms with Crippen LogP contribution in [-0.4, -0.2) is 14.8 Å². The molecule has 19 heavy (non-hydrogen) atoms. The Labute approximate surface area is 122 Å². The van der Waals surface area contributed by atoms with Crippen molar-refractivity contribution in [3.63, 3.8) is 0 Å². The van der Waals surface area contributed by atoms with E-state index in [1.54, 1.807) is 16.8 Å². The van der Waals surface area contributed by atoms with Gasteiger partial charge in [0.05, 0.1) is 11.4 Å². The van der Waals surface area contributed by atoms with Gasteiger partial charge in [-0.1, -0.05) is 30.7 Å². The van der Waals surface area contributed by atoms with Crippen molar-refractivity contribution in [3.05, 3.63) is 40.7 Å². The highest BCUT2D eigenvalue weighted by Gasteiger charge is 2.10. The Morgan fingerprint density at radius 1 is 1.47 bits per heavy atom. The lowest BCUT2D eigenvalue weighted by atomic mass is 10.1. The third-order valence-electron chi connectivity index (χ3n) is 2.76. The third-order valence-corrected chi connectivity index (χ3v) is 3.21. The van der Waals surface area contributed by atoms with Crippen molar-refractivity contribution in [2.75, 3.05) is 5.32 Å². The Balaban J connectivity index is 2.40. The molecule has 0 atom stereocenters. The van der Waals surface area contributed by atoms with Crippen LogP contribution in [0.2, 0.25) is 5.02 Å². The van der Waals surface area contributed by atoms with Gasteiger partial charge in [-0.05, 0) is 24.6 Å². The number of hydrogen-bond acceptors (Lipinski definition) is 3. The molecule has 0 fully saturated rings. The maximum Gasteiger partial charge on any atom is 0.106 e. The molecule has 0 aliphatic heterocycles. The fraction of sp³-hybridized carbons (Fsp3) is 0.231. The van der Waals surface area contributed by atoms with E-state index < -0.39 is 0 Å². The summed E-state index contributed by atoms with van der Waals surface area (Å²) in [5.41, 5.74) is 9.23. The van der Waals surface area contributed by atoms with Gasteiger partial charge in [-0.25, -0.2) is 0 Å². The van der Waals surface area contributed by atoms with Crippen LogP contribution in [-0.2, 0) is 13.5 Å². The lowest BCUT2D eigenvalue weighted by Gasteiger charge is -2.11. The fourth-order valence-corrected chi connectivity index (χ4v) is 2.22. The van der Waals surface area contributed by atoms with E-state index in [1.807, 2.05) is 19.3 Å². The van der Waals surface area contributed by atoms with Crippen LogP contribution >= 0.6 is 23.8 Å². The number of nitrogens with two attached hydrogens (primary N) is 1. The molecule has 0 radical (unpaired) electrons. The summed E-state index contributed by atoms with van der Waals surface area (Å²) in [5, 5.41) is 8.30. The van der Waals surface area contributed by atoms with Gasteiger partial charge in [-0.3, -0.25) is 4.68 Å². The Morgan fingerprint density at radius 3 is 2.84 bits per heavy atom. The molecule has 2 rings (SSSR count). The molecule has 1 aromatic heterocycles. The van der Waals surface area contributed by atoms with Gasteiger partial charge in [0.15, 0.2) is 0 Å². The van der Waals surface area contributed by atoms with Crippen LogP contribution in [0.4, 0.5) is 11.4 Å². The van der Waals surface area contributed by atoms with Gasteiger partial charge in [0.1, 0.15) is 4.99 Å². The topological polar surface area (TPSA) is 55.9 Å². The number of thiocarbonyl (C=S) groups is 1. The van der Waals surface area contributed by atoms with E-state index >= 15 is 0 Å². The van der Waals surface area contributed by atoms with E-state index in [2.05, 4.69) is 17.3 Å². The van der Waals surface area contributed by atoms with Crippen molar-refractivity contribution in [1.29, 1.82) is 0 Å². The molecule has 0 unspecified atom stereocenters. The number of nitrogens with zero attached hydrogens (tertiary/aromatic N) is 2. The largest absolute Gasteiger partial charge is 0.389 e. The predicted molar refractivity (Wildman–Crippen MR) is 83.2 cm³/mol. The van der Waals surface area contributed by atoms with Crippen LogP contribution in [0.3, 0.4) is 0 Å². The van der Waals surface area contributed by atoms with Gasteiger partial charge in [0.2, 0.25) is 0 Å². The Kier molecular flexibility index (Phi) is 4.07. The van der Waals surface area contributed by atoms with Crippen LogP contribution in [0.1, 0.15) is 18.2 Å². The summed E-state index contributed by atoms with van der Waals surface area (Å²) in [4.78, 5) is 0.312. The summed E-state index contributed by atoms with van der Waals surface area (Å²) in [5.74, 6) is 0. The van der Waals surface area contributed by atoms with Crippen molar-refractivity contribution in [1.82, 2.24) is 9.78 Å². The molecule has 0 spiro atoms. The van der Waals surface area contributed by atoms with Crippen molar-refractivity contribution in [2.45, 2.75) is 13.3 Å². The predicted octanol–water partition coefficient (Wildman–Crippen LogP) is 3.01. The number of halogens is 1. The van der Waals surface area contributed by atoms with Crippen molar-refractivity contribution in [2.24, 2.45) is 12.8 Å². The van der Waals surface area contributed by atoms with Crippen LogP contribution in [0, 0.1) is 0 Å². The molecule has 0 aliphatic rings. The van der Waals surface area contributed by atoms with Gasteiger partial charge < -0.3 is 11.1 Å². The summed E-state index contributed by atoms with van der Waals surface area (Å²) in [6, 6.07) is 5.42. The second-order valence-corrected chi connectivity index (χ2v) is 5.07. The standard InChI is InChI=1S/C13H15ClN4S/c1-3-10-12(7-18(2)17-10)16-11-5-4-8(14)6-9(11)13(15)19/h4-7,16H,3H2,1-2H3,(H2,15,19). The molecule has 100 valence electrons. The maximum atomic E-state index is 5.97. The lowest BCUT2D eigenvalue weighted by Crippen LogP contribution is -2.12. The zero-order valence-electron chi connectivity index (χ0n) is 10.8. The number of aryl methyl sites for hydroxylation is 2. The summed E-state index contributed by atoms with van der Waals surface area (Å²) in [6.07, 6.45) is 2.77. The van der Waals surface area contributed by atoms with Crippen molar-refractivity contribution in [3.8, 4) is 0 Å². The van der Waals surface area contributed by atoms with Gasteiger partial charge in [-0.2, -0.15) is 5.10 Å². The zero-order chi connectivity index (χ0) is 14.0. The molecule has 1 aromatic carbocycles. The lowest BCUT2D eigenvalue weighted by molar-refractivity contribution is 0.746. The number of hydrogen-bond donors (Lipinski definition) is 2. The van der Waals surface area contributed by atoms with E-state index in [-0.39, 0.29) is 0 Å². The number of aromatic nitrogens is 2. The second kappa shape index (κ2) is 5.59. The third kappa shape index (κ3) is 3.05. The van der Waals surface area contributed by atoms with Gasteiger partial charge >= 0.3 is 0 Å². The zero-order valence-corrected chi connectivity index (χ0v) is 12.3. The smallest absolute Gasteiger partial charge is 0.106 e. The molecule has 4 nitrogen and oxygen atoms in total. The highest BCUT2D eigenvalue weighted by Crippen LogP contribution is 2.26. The van der Waals surface area contributed by atoms with E-state index in [0.29, 0.717) is 10.0 Å². The monoisotopic (exact) mass is 294 g/mol. The molecule has 0 amide bonds. The maximum absolute atomic E-state index is 5.97. The molecule has 6 heteroatoms. The first kappa shape index (κ1) is 13.8. The van der Waals surface area contributed by atoms with Gasteiger partial charge in [-0.15, -0.1) is 0 Å². The van der Waals surface area contributed by atoms with Crippen molar-refractivity contribution < 1.29 is 0 Å². The highest BCUT2D eigenvalue weighted by molar-refractivity contribution is 7.80. The van der Waals surface area contributed by atoms with Crippen LogP contribution in [0.25, 0.3) is 0 Å². The number of rotatable bonds is 4. The van der Waals surface area contributed by atoms with Gasteiger partial charge in [0, 0.05) is 29.5 Å². The minimum absolute atomic E-state index is 0.312. The molecule has 3 N–H and O–H groups in total. The quantitative estimate of drug-likeness (QED) is 0.851. The SMILES string of the molecule is CCc1nn(C)cc1Nc1ccc(Cl)cc1C(N)=S. The van der Waals surface area contributed by atoms with Crippen LogP contribution < -0.4 is 11.1 Å². The van der Waals surface area contributed by atoms with E-state index in [4.69, 9.17) is 29.6 Å². The molecule has 1 heterocycles. The Morgan fingerprint density at radius 2 is 2.21 bits per heavy atom. The molecule has 0 bridgehead atoms. The summed E-state index contributed by atoms with van der Waals surface area (Å²) >= 11 is 11.0. The first-order valence-corrected chi connectivity index (χ1v) is 6.68. The van der Waals surface area contributed by atoms with Crippen LogP contribution in [0.5, 0.6) is 0 Å². The average Bonchev–Trinajstić information content (AvgIpc) is 2.71. The minimum Gasteiger partial charge on any atom is -0.389 e. The van der Waals surface area contributed by atoms with Crippen molar-refractivity contribution >= 4 is 40.2 Å². The first-order chi connectivity index (χ1) is 9.01. The normalized spacial score (nSPS) is 10.5. The molecule has 0 saturated carbocycles. The number of nitrogens with one attached hydrogen (secondary N) is 1. The Hall–Kier alpha value is -1.59. The number of anilines is 2. The molecular weight excluding hydrogens is 280 g/mol. The highest BCUT2D eigenvalue weighted by atomic mass is 35.5. The van der Waals surface area contributed by atoms with Gasteiger partial charge in [0.25, 0.3) is 0 Å². The average molecular weight is 295 g/mol. The molecule has 0 saturated heterocycles. The second-order valence-electron chi connectivity index (χ2n) is 4.20. The minimum atomic E-state index is 0.312. The summed E-state index contributed by atoms with van der Waals surface area (Å²) in [6.45, 7) is 2.06. The fourth-order valence-electron chi connectivity index (χ4n) is 1.87. The van der Waals surface area contributed by atoms with Crippen LogP contribution in [0.15, 0.2) is 24.4 Å². The molecular formula is C13H15ClN4S. The molecule has 0 aliphatic carbocycles. The van der Waals surface area contributed by atoms with E-state index in [1.165, 1.54) is 0 Å². The Bertz CT molecular complexity index is 621. The summed E-state index contributed by atoms with van der Waals surface area (Å²) < 4.78 is 1.78. The first-order valence-electron chi connectivity index (χ1n) is 5.90. The van der Waals surface area contributed by atoms with E-state index in [9.17, 15) is 0 Å². The van der Waals surface area contributed by atoms with E-state index in [0.717, 1.165) is 29.1 Å². The molecule has 2 aromatic rings. The summed E-state index contributed by atoms with van der Waals surface area (Å²) in [7, 11) is 1.89. The number of benzene rings is 1.